The van der Waals surface area contributed by atoms with E-state index in [1.807, 2.05) is 37.3 Å². The zero-order valence-electron chi connectivity index (χ0n) is 15.3. The van der Waals surface area contributed by atoms with E-state index >= 15 is 0 Å². The molecule has 2 heterocycles. The Kier molecular flexibility index (Phi) is 5.00. The van der Waals surface area contributed by atoms with Crippen molar-refractivity contribution in [3.8, 4) is 0 Å². The Labute approximate surface area is 172 Å². The Balaban J connectivity index is 1.90. The number of halogens is 2. The Morgan fingerprint density at radius 3 is 2.61 bits per heavy atom. The molecule has 6 heteroatoms. The third-order valence-corrected chi connectivity index (χ3v) is 5.64. The Bertz CT molecular complexity index is 1140. The number of aromatic nitrogens is 1. The van der Waals surface area contributed by atoms with Crippen molar-refractivity contribution in [2.45, 2.75) is 19.9 Å². The Morgan fingerprint density at radius 2 is 1.89 bits per heavy atom. The molecule has 0 saturated carbocycles. The number of ketones is 1. The van der Waals surface area contributed by atoms with Gasteiger partial charge in [-0.3, -0.25) is 14.2 Å². The lowest BCUT2D eigenvalue weighted by Crippen LogP contribution is -2.26. The van der Waals surface area contributed by atoms with Gasteiger partial charge < -0.3 is 5.32 Å². The van der Waals surface area contributed by atoms with Crippen LogP contribution in [-0.2, 0) is 13.0 Å². The van der Waals surface area contributed by atoms with Crippen LogP contribution in [0.2, 0.25) is 10.0 Å². The van der Waals surface area contributed by atoms with E-state index in [2.05, 4.69) is 5.32 Å². The number of hydrogen-bond donors (Lipinski definition) is 1. The van der Waals surface area contributed by atoms with Crippen molar-refractivity contribution < 1.29 is 4.79 Å². The second-order valence-electron chi connectivity index (χ2n) is 6.83. The molecule has 0 bridgehead atoms. The number of pyridine rings is 1. The van der Waals surface area contributed by atoms with Gasteiger partial charge in [-0.1, -0.05) is 53.5 Å². The molecule has 0 unspecified atom stereocenters. The fraction of sp³-hybridized carbons (Fsp3) is 0.182. The van der Waals surface area contributed by atoms with Gasteiger partial charge in [-0.05, 0) is 36.2 Å². The Hall–Kier alpha value is -2.56. The SMILES string of the molecule is Cc1c(C(=O)c2ccc(Cl)cc2Cl)c2n(c(=O)c1Cc1ccccc1)CCN2. The maximum atomic E-state index is 13.4. The summed E-state index contributed by atoms with van der Waals surface area (Å²) in [5.74, 6) is 0.349. The zero-order valence-corrected chi connectivity index (χ0v) is 16.8. The summed E-state index contributed by atoms with van der Waals surface area (Å²) in [5, 5.41) is 3.96. The third-order valence-electron chi connectivity index (χ3n) is 5.09. The first-order valence-corrected chi connectivity index (χ1v) is 9.76. The summed E-state index contributed by atoms with van der Waals surface area (Å²) in [5.41, 5.74) is 3.15. The van der Waals surface area contributed by atoms with Crippen LogP contribution in [0.4, 0.5) is 5.82 Å². The van der Waals surface area contributed by atoms with E-state index in [0.29, 0.717) is 57.6 Å². The maximum absolute atomic E-state index is 13.4. The van der Waals surface area contributed by atoms with Crippen LogP contribution >= 0.6 is 23.2 Å². The molecule has 2 aromatic carbocycles. The summed E-state index contributed by atoms with van der Waals surface area (Å²) in [7, 11) is 0. The summed E-state index contributed by atoms with van der Waals surface area (Å²) in [6.45, 7) is 2.97. The number of carbonyl (C=O) groups excluding carboxylic acids is 1. The monoisotopic (exact) mass is 412 g/mol. The highest BCUT2D eigenvalue weighted by atomic mass is 35.5. The first-order chi connectivity index (χ1) is 13.5. The van der Waals surface area contributed by atoms with Crippen molar-refractivity contribution in [2.75, 3.05) is 11.9 Å². The average Bonchev–Trinajstić information content (AvgIpc) is 3.15. The van der Waals surface area contributed by atoms with Gasteiger partial charge in [0, 0.05) is 35.7 Å². The number of fused-ring (bicyclic) bond motifs is 1. The molecule has 3 aromatic rings. The second kappa shape index (κ2) is 7.46. The number of carbonyl (C=O) groups is 1. The molecule has 4 rings (SSSR count). The van der Waals surface area contributed by atoms with Crippen molar-refractivity contribution in [3.05, 3.63) is 96.7 Å². The molecule has 1 N–H and O–H groups in total. The number of anilines is 1. The van der Waals surface area contributed by atoms with E-state index in [1.54, 1.807) is 22.8 Å². The van der Waals surface area contributed by atoms with Gasteiger partial charge in [0.05, 0.1) is 10.6 Å². The van der Waals surface area contributed by atoms with Crippen LogP contribution < -0.4 is 10.9 Å². The molecule has 0 aliphatic carbocycles. The highest BCUT2D eigenvalue weighted by Crippen LogP contribution is 2.30. The lowest BCUT2D eigenvalue weighted by Gasteiger charge is -2.17. The van der Waals surface area contributed by atoms with Gasteiger partial charge in [0.15, 0.2) is 5.78 Å². The standard InChI is InChI=1S/C22H18Cl2N2O2/c1-13-17(11-14-5-3-2-4-6-14)22(28)26-10-9-25-21(26)19(13)20(27)16-8-7-15(23)12-18(16)24/h2-8,12,25H,9-11H2,1H3. The summed E-state index contributed by atoms with van der Waals surface area (Å²) in [6.07, 6.45) is 0.473. The van der Waals surface area contributed by atoms with Gasteiger partial charge in [0.25, 0.3) is 5.56 Å². The van der Waals surface area contributed by atoms with Crippen LogP contribution in [0.1, 0.15) is 32.6 Å². The van der Waals surface area contributed by atoms with Crippen molar-refractivity contribution in [1.29, 1.82) is 0 Å². The molecule has 142 valence electrons. The van der Waals surface area contributed by atoms with Crippen LogP contribution in [0.3, 0.4) is 0 Å². The molecule has 4 nitrogen and oxygen atoms in total. The maximum Gasteiger partial charge on any atom is 0.256 e. The summed E-state index contributed by atoms with van der Waals surface area (Å²) in [6, 6.07) is 14.6. The second-order valence-corrected chi connectivity index (χ2v) is 7.67. The molecule has 1 aliphatic heterocycles. The first-order valence-electron chi connectivity index (χ1n) is 9.01. The minimum absolute atomic E-state index is 0.0555. The fourth-order valence-electron chi connectivity index (χ4n) is 3.67. The van der Waals surface area contributed by atoms with E-state index in [-0.39, 0.29) is 11.3 Å². The number of rotatable bonds is 4. The molecular weight excluding hydrogens is 395 g/mol. The number of benzene rings is 2. The van der Waals surface area contributed by atoms with Crippen LogP contribution in [0, 0.1) is 6.92 Å². The molecule has 0 atom stereocenters. The van der Waals surface area contributed by atoms with Gasteiger partial charge in [-0.15, -0.1) is 0 Å². The van der Waals surface area contributed by atoms with Crippen molar-refractivity contribution in [2.24, 2.45) is 0 Å². The van der Waals surface area contributed by atoms with Gasteiger partial charge in [0.1, 0.15) is 5.82 Å². The lowest BCUT2D eigenvalue weighted by atomic mass is 9.93. The minimum atomic E-state index is -0.216. The molecule has 0 fully saturated rings. The molecule has 0 saturated heterocycles. The smallest absolute Gasteiger partial charge is 0.256 e. The zero-order chi connectivity index (χ0) is 19.8. The summed E-state index contributed by atoms with van der Waals surface area (Å²) >= 11 is 12.3. The highest BCUT2D eigenvalue weighted by molar-refractivity contribution is 6.37. The average molecular weight is 413 g/mol. The quantitative estimate of drug-likeness (QED) is 0.631. The van der Waals surface area contributed by atoms with E-state index in [9.17, 15) is 9.59 Å². The minimum Gasteiger partial charge on any atom is -0.369 e. The molecule has 28 heavy (non-hydrogen) atoms. The molecule has 1 aromatic heterocycles. The van der Waals surface area contributed by atoms with E-state index in [0.717, 1.165) is 5.56 Å². The number of nitrogens with one attached hydrogen (secondary N) is 1. The van der Waals surface area contributed by atoms with Gasteiger partial charge in [-0.25, -0.2) is 0 Å². The Morgan fingerprint density at radius 1 is 1.14 bits per heavy atom. The normalized spacial score (nSPS) is 12.5. The summed E-state index contributed by atoms with van der Waals surface area (Å²) in [4.78, 5) is 26.5. The van der Waals surface area contributed by atoms with Gasteiger partial charge >= 0.3 is 0 Å². The van der Waals surface area contributed by atoms with Crippen LogP contribution in [0.15, 0.2) is 53.3 Å². The third kappa shape index (κ3) is 3.23. The van der Waals surface area contributed by atoms with Gasteiger partial charge in [0.2, 0.25) is 0 Å². The van der Waals surface area contributed by atoms with Gasteiger partial charge in [-0.2, -0.15) is 0 Å². The van der Waals surface area contributed by atoms with Crippen LogP contribution in [0.5, 0.6) is 0 Å². The van der Waals surface area contributed by atoms with E-state index in [4.69, 9.17) is 23.2 Å². The molecule has 1 aliphatic rings. The van der Waals surface area contributed by atoms with Crippen molar-refractivity contribution in [3.63, 3.8) is 0 Å². The lowest BCUT2D eigenvalue weighted by molar-refractivity contribution is 0.103. The first kappa shape index (κ1) is 18.8. The van der Waals surface area contributed by atoms with Crippen molar-refractivity contribution >= 4 is 34.8 Å². The van der Waals surface area contributed by atoms with Crippen LogP contribution in [-0.4, -0.2) is 16.9 Å². The van der Waals surface area contributed by atoms with Crippen LogP contribution in [0.25, 0.3) is 0 Å². The molecular formula is C22H18Cl2N2O2. The topological polar surface area (TPSA) is 51.1 Å². The summed E-state index contributed by atoms with van der Waals surface area (Å²) < 4.78 is 1.66. The molecule has 0 radical (unpaired) electrons. The fourth-order valence-corrected chi connectivity index (χ4v) is 4.16. The van der Waals surface area contributed by atoms with Crippen molar-refractivity contribution in [1.82, 2.24) is 4.57 Å². The highest BCUT2D eigenvalue weighted by Gasteiger charge is 2.28. The molecule has 0 spiro atoms. The predicted molar refractivity (Wildman–Crippen MR) is 113 cm³/mol. The number of hydrogen-bond acceptors (Lipinski definition) is 3. The largest absolute Gasteiger partial charge is 0.369 e. The van der Waals surface area contributed by atoms with E-state index < -0.39 is 0 Å². The number of nitrogens with zero attached hydrogens (tertiary/aromatic N) is 1. The molecule has 0 amide bonds. The van der Waals surface area contributed by atoms with E-state index in [1.165, 1.54) is 0 Å². The predicted octanol–water partition coefficient (Wildman–Crippen LogP) is 4.71.